The predicted octanol–water partition coefficient (Wildman–Crippen LogP) is 3.84. The van der Waals surface area contributed by atoms with Gasteiger partial charge in [0, 0.05) is 35.8 Å². The lowest BCUT2D eigenvalue weighted by molar-refractivity contribution is 0.454. The van der Waals surface area contributed by atoms with Crippen LogP contribution in [0.4, 0.5) is 11.6 Å². The van der Waals surface area contributed by atoms with E-state index in [1.807, 2.05) is 0 Å². The van der Waals surface area contributed by atoms with Crippen molar-refractivity contribution in [2.45, 2.75) is 68.9 Å². The van der Waals surface area contributed by atoms with Gasteiger partial charge in [0.2, 0.25) is 5.95 Å². The quantitative estimate of drug-likeness (QED) is 0.458. The summed E-state index contributed by atoms with van der Waals surface area (Å²) >= 11 is 0. The van der Waals surface area contributed by atoms with Gasteiger partial charge in [0.15, 0.2) is 5.65 Å². The average molecular weight is 470 g/mol. The molecule has 1 spiro atoms. The topological polar surface area (TPSA) is 103 Å². The van der Waals surface area contributed by atoms with Crippen molar-refractivity contribution in [3.8, 4) is 6.01 Å². The molecule has 178 valence electrons. The predicted molar refractivity (Wildman–Crippen MR) is 130 cm³/mol. The molecule has 0 radical (unpaired) electrons. The first kappa shape index (κ1) is 19.8. The Kier molecular flexibility index (Phi) is 3.74. The van der Waals surface area contributed by atoms with E-state index < -0.39 is 0 Å². The number of rotatable bonds is 5. The third kappa shape index (κ3) is 2.97. The monoisotopic (exact) mass is 469 g/mol. The van der Waals surface area contributed by atoms with Crippen molar-refractivity contribution in [2.75, 3.05) is 11.9 Å². The van der Waals surface area contributed by atoms with Crippen LogP contribution in [-0.4, -0.2) is 30.9 Å². The van der Waals surface area contributed by atoms with Gasteiger partial charge < -0.3 is 15.1 Å². The van der Waals surface area contributed by atoms with Crippen LogP contribution in [0, 0.1) is 0 Å². The van der Waals surface area contributed by atoms with Gasteiger partial charge in [0.05, 0.1) is 11.7 Å². The summed E-state index contributed by atoms with van der Waals surface area (Å²) in [6.07, 6.45) is 10.0. The summed E-state index contributed by atoms with van der Waals surface area (Å²) in [6.45, 7) is 4.14. The summed E-state index contributed by atoms with van der Waals surface area (Å²) in [5, 5.41) is 7.40. The fourth-order valence-corrected chi connectivity index (χ4v) is 5.57. The van der Waals surface area contributed by atoms with Crippen LogP contribution >= 0.6 is 0 Å². The molecule has 8 rings (SSSR count). The van der Waals surface area contributed by atoms with Crippen LogP contribution in [-0.2, 0) is 17.4 Å². The summed E-state index contributed by atoms with van der Waals surface area (Å²) in [6, 6.07) is 7.08. The molecule has 3 fully saturated rings. The molecule has 9 heteroatoms. The highest BCUT2D eigenvalue weighted by molar-refractivity contribution is 5.76. The van der Waals surface area contributed by atoms with Gasteiger partial charge >= 0.3 is 6.01 Å². The van der Waals surface area contributed by atoms with Gasteiger partial charge in [0.25, 0.3) is 5.56 Å². The van der Waals surface area contributed by atoms with Gasteiger partial charge in [-0.05, 0) is 61.8 Å². The van der Waals surface area contributed by atoms with Crippen LogP contribution in [0.15, 0.2) is 39.9 Å². The molecule has 1 aromatic carbocycles. The summed E-state index contributed by atoms with van der Waals surface area (Å²) in [5.41, 5.74) is 5.53. The van der Waals surface area contributed by atoms with E-state index in [0.717, 1.165) is 50.2 Å². The van der Waals surface area contributed by atoms with Crippen LogP contribution in [0.3, 0.4) is 0 Å². The van der Waals surface area contributed by atoms with E-state index >= 15 is 0 Å². The lowest BCUT2D eigenvalue weighted by Crippen LogP contribution is -2.33. The zero-order valence-electron chi connectivity index (χ0n) is 19.7. The van der Waals surface area contributed by atoms with Gasteiger partial charge in [-0.2, -0.15) is 14.6 Å². The Hall–Kier alpha value is -3.46. The van der Waals surface area contributed by atoms with E-state index in [4.69, 9.17) is 14.4 Å². The van der Waals surface area contributed by atoms with Crippen LogP contribution < -0.4 is 16.2 Å². The zero-order valence-corrected chi connectivity index (χ0v) is 19.7. The summed E-state index contributed by atoms with van der Waals surface area (Å²) < 4.78 is 9.41. The second kappa shape index (κ2) is 6.60. The molecule has 4 heterocycles. The molecule has 0 bridgehead atoms. The molecule has 0 unspecified atom stereocenters. The molecule has 3 aromatic heterocycles. The van der Waals surface area contributed by atoms with Crippen LogP contribution in [0.5, 0.6) is 0 Å². The van der Waals surface area contributed by atoms with Gasteiger partial charge in [0.1, 0.15) is 11.6 Å². The molecule has 35 heavy (non-hydrogen) atoms. The molecule has 9 nitrogen and oxygen atoms in total. The third-order valence-electron chi connectivity index (χ3n) is 8.37. The molecule has 0 atom stereocenters. The minimum atomic E-state index is -0.0963. The third-order valence-corrected chi connectivity index (χ3v) is 8.37. The molecule has 0 saturated heterocycles. The second-order valence-corrected chi connectivity index (χ2v) is 11.1. The Labute approximate surface area is 201 Å². The SMILES string of the molecule is CC1(c2coc(-n3c4nc(Nc5ccc6c(c5)CNCC65CC5)ncc4c(=O)n3C3CC3)n2)CC1. The molecule has 3 aliphatic carbocycles. The maximum Gasteiger partial charge on any atom is 0.323 e. The van der Waals surface area contributed by atoms with E-state index in [-0.39, 0.29) is 17.0 Å². The maximum atomic E-state index is 13.3. The summed E-state index contributed by atoms with van der Waals surface area (Å²) in [4.78, 5) is 27.3. The minimum absolute atomic E-state index is 0.0808. The van der Waals surface area contributed by atoms with Crippen molar-refractivity contribution in [1.29, 1.82) is 0 Å². The first-order valence-corrected chi connectivity index (χ1v) is 12.6. The van der Waals surface area contributed by atoms with Gasteiger partial charge in [-0.3, -0.25) is 4.79 Å². The normalized spacial score (nSPS) is 21.3. The number of hydrogen-bond donors (Lipinski definition) is 2. The standard InChI is InChI=1S/C26H27N7O2/c1-25(6-7-25)20-13-35-24(30-20)33-21-18(22(34)32(33)17-3-4-17)12-28-23(31-21)29-16-2-5-19-15(10-16)11-27-14-26(19)8-9-26/h2,5,10,12-13,17,27H,3-4,6-9,11,14H2,1H3,(H,28,29,31). The van der Waals surface area contributed by atoms with Crippen molar-refractivity contribution < 1.29 is 4.42 Å². The lowest BCUT2D eigenvalue weighted by Gasteiger charge is -2.26. The van der Waals surface area contributed by atoms with E-state index in [9.17, 15) is 4.79 Å². The number of nitrogens with zero attached hydrogens (tertiary/aromatic N) is 5. The van der Waals surface area contributed by atoms with Gasteiger partial charge in [-0.25, -0.2) is 9.67 Å². The van der Waals surface area contributed by atoms with Crippen LogP contribution in [0.1, 0.15) is 68.3 Å². The number of oxazole rings is 1. The zero-order chi connectivity index (χ0) is 23.4. The van der Waals surface area contributed by atoms with Gasteiger partial charge in [-0.15, -0.1) is 0 Å². The van der Waals surface area contributed by atoms with Crippen LogP contribution in [0.2, 0.25) is 0 Å². The Morgan fingerprint density at radius 3 is 2.80 bits per heavy atom. The number of nitrogens with one attached hydrogen (secondary N) is 2. The van der Waals surface area contributed by atoms with Crippen molar-refractivity contribution in [3.63, 3.8) is 0 Å². The van der Waals surface area contributed by atoms with E-state index in [1.54, 1.807) is 21.8 Å². The fraction of sp³-hybridized carbons (Fsp3) is 0.462. The van der Waals surface area contributed by atoms with Crippen molar-refractivity contribution >= 4 is 22.7 Å². The largest absolute Gasteiger partial charge is 0.430 e. The number of aromatic nitrogens is 5. The fourth-order valence-electron chi connectivity index (χ4n) is 5.57. The van der Waals surface area contributed by atoms with Crippen LogP contribution in [0.25, 0.3) is 17.0 Å². The number of benzene rings is 1. The second-order valence-electron chi connectivity index (χ2n) is 11.1. The molecule has 4 aromatic rings. The molecular formula is C26H27N7O2. The number of hydrogen-bond acceptors (Lipinski definition) is 7. The van der Waals surface area contributed by atoms with Crippen molar-refractivity contribution in [1.82, 2.24) is 29.6 Å². The summed E-state index contributed by atoms with van der Waals surface area (Å²) in [5.74, 6) is 0.449. The van der Waals surface area contributed by atoms with Crippen molar-refractivity contribution in [2.24, 2.45) is 0 Å². The Balaban J connectivity index is 1.21. The number of fused-ring (bicyclic) bond motifs is 3. The summed E-state index contributed by atoms with van der Waals surface area (Å²) in [7, 11) is 0. The molecule has 2 N–H and O–H groups in total. The Morgan fingerprint density at radius 1 is 1.17 bits per heavy atom. The molecule has 3 saturated carbocycles. The maximum absolute atomic E-state index is 13.3. The highest BCUT2D eigenvalue weighted by atomic mass is 16.4. The molecule has 4 aliphatic rings. The van der Waals surface area contributed by atoms with E-state index in [1.165, 1.54) is 24.0 Å². The van der Waals surface area contributed by atoms with E-state index in [2.05, 4.69) is 40.7 Å². The smallest absolute Gasteiger partial charge is 0.323 e. The molecule has 1 aliphatic heterocycles. The lowest BCUT2D eigenvalue weighted by atomic mass is 9.88. The number of anilines is 2. The first-order chi connectivity index (χ1) is 17.0. The molecular weight excluding hydrogens is 442 g/mol. The van der Waals surface area contributed by atoms with E-state index in [0.29, 0.717) is 28.4 Å². The Bertz CT molecular complexity index is 1570. The average Bonchev–Trinajstić information content (AvgIpc) is 3.82. The Morgan fingerprint density at radius 2 is 2.03 bits per heavy atom. The highest BCUT2D eigenvalue weighted by Crippen LogP contribution is 2.51. The minimum Gasteiger partial charge on any atom is -0.430 e. The molecule has 0 amide bonds. The first-order valence-electron chi connectivity index (χ1n) is 12.6. The van der Waals surface area contributed by atoms with Gasteiger partial charge in [-0.1, -0.05) is 13.0 Å². The van der Waals surface area contributed by atoms with Crippen molar-refractivity contribution in [3.05, 3.63) is 57.8 Å². The highest BCUT2D eigenvalue weighted by Gasteiger charge is 2.46.